The van der Waals surface area contributed by atoms with Crippen LogP contribution < -0.4 is 0 Å². The second kappa shape index (κ2) is 6.44. The summed E-state index contributed by atoms with van der Waals surface area (Å²) in [6, 6.07) is 2.00. The highest BCUT2D eigenvalue weighted by atomic mass is 16.5. The van der Waals surface area contributed by atoms with Crippen LogP contribution in [0.25, 0.3) is 0 Å². The van der Waals surface area contributed by atoms with Crippen LogP contribution in [0.4, 0.5) is 0 Å². The summed E-state index contributed by atoms with van der Waals surface area (Å²) in [5, 5.41) is 0. The number of methoxy groups -OCH3 is 1. The Morgan fingerprint density at radius 2 is 2.44 bits per heavy atom. The maximum absolute atomic E-state index is 12.1. The number of likely N-dealkylation sites (tertiary alicyclic amines) is 1. The first-order valence-corrected chi connectivity index (χ1v) is 6.37. The van der Waals surface area contributed by atoms with Gasteiger partial charge in [-0.15, -0.1) is 0 Å². The standard InChI is InChI=1S/C13H19N3O2/c1-18-9-6-13(17)16-8-3-2-4-12(16)11-5-7-14-10-15-11/h5,7,10,12H,2-4,6,8-9H2,1H3. The highest BCUT2D eigenvalue weighted by Crippen LogP contribution is 2.29. The molecule has 0 aromatic carbocycles. The van der Waals surface area contributed by atoms with Crippen molar-refractivity contribution >= 4 is 5.91 Å². The third kappa shape index (κ3) is 3.04. The van der Waals surface area contributed by atoms with Crippen LogP contribution in [0.2, 0.25) is 0 Å². The van der Waals surface area contributed by atoms with Crippen LogP contribution in [-0.4, -0.2) is 41.0 Å². The summed E-state index contributed by atoms with van der Waals surface area (Å²) in [6.45, 7) is 1.29. The van der Waals surface area contributed by atoms with Gasteiger partial charge in [-0.2, -0.15) is 0 Å². The Hall–Kier alpha value is -1.49. The van der Waals surface area contributed by atoms with Crippen LogP contribution in [0.3, 0.4) is 0 Å². The number of aromatic nitrogens is 2. The van der Waals surface area contributed by atoms with E-state index in [9.17, 15) is 4.79 Å². The molecule has 1 fully saturated rings. The lowest BCUT2D eigenvalue weighted by atomic mass is 9.98. The maximum Gasteiger partial charge on any atom is 0.225 e. The third-order valence-electron chi connectivity index (χ3n) is 3.29. The molecule has 1 unspecified atom stereocenters. The molecule has 98 valence electrons. The normalized spacial score (nSPS) is 19.8. The first kappa shape index (κ1) is 13.0. The van der Waals surface area contributed by atoms with Gasteiger partial charge in [0.1, 0.15) is 6.33 Å². The molecule has 18 heavy (non-hydrogen) atoms. The van der Waals surface area contributed by atoms with Gasteiger partial charge in [-0.3, -0.25) is 4.79 Å². The predicted molar refractivity (Wildman–Crippen MR) is 66.8 cm³/mol. The minimum atomic E-state index is 0.103. The molecule has 1 aliphatic rings. The molecule has 5 nitrogen and oxygen atoms in total. The van der Waals surface area contributed by atoms with Gasteiger partial charge in [0.15, 0.2) is 0 Å². The van der Waals surface area contributed by atoms with Crippen molar-refractivity contribution in [1.29, 1.82) is 0 Å². The molecule has 0 bridgehead atoms. The van der Waals surface area contributed by atoms with E-state index in [2.05, 4.69) is 9.97 Å². The van der Waals surface area contributed by atoms with Crippen LogP contribution in [0.5, 0.6) is 0 Å². The molecule has 1 aromatic rings. The molecule has 1 amide bonds. The van der Waals surface area contributed by atoms with Crippen molar-refractivity contribution in [2.75, 3.05) is 20.3 Å². The Labute approximate surface area is 107 Å². The second-order valence-electron chi connectivity index (χ2n) is 4.48. The summed E-state index contributed by atoms with van der Waals surface area (Å²) < 4.78 is 4.97. The first-order valence-electron chi connectivity index (χ1n) is 6.37. The van der Waals surface area contributed by atoms with Gasteiger partial charge in [-0.1, -0.05) is 0 Å². The molecule has 2 rings (SSSR count). The number of rotatable bonds is 4. The molecule has 5 heteroatoms. The zero-order valence-electron chi connectivity index (χ0n) is 10.7. The van der Waals surface area contributed by atoms with E-state index in [0.717, 1.165) is 31.5 Å². The lowest BCUT2D eigenvalue weighted by Crippen LogP contribution is -2.39. The van der Waals surface area contributed by atoms with Crippen molar-refractivity contribution in [3.63, 3.8) is 0 Å². The first-order chi connectivity index (χ1) is 8.83. The van der Waals surface area contributed by atoms with Crippen molar-refractivity contribution in [3.8, 4) is 0 Å². The molecular weight excluding hydrogens is 230 g/mol. The van der Waals surface area contributed by atoms with Gasteiger partial charge < -0.3 is 9.64 Å². The molecule has 1 atom stereocenters. The molecule has 1 saturated heterocycles. The monoisotopic (exact) mass is 249 g/mol. The van der Waals surface area contributed by atoms with Crippen molar-refractivity contribution < 1.29 is 9.53 Å². The van der Waals surface area contributed by atoms with E-state index in [0.29, 0.717) is 13.0 Å². The Morgan fingerprint density at radius 1 is 1.56 bits per heavy atom. The Kier molecular flexibility index (Phi) is 4.64. The number of nitrogens with zero attached hydrogens (tertiary/aromatic N) is 3. The van der Waals surface area contributed by atoms with Crippen LogP contribution in [0.1, 0.15) is 37.4 Å². The zero-order valence-corrected chi connectivity index (χ0v) is 10.7. The van der Waals surface area contributed by atoms with E-state index in [-0.39, 0.29) is 11.9 Å². The molecule has 1 aliphatic heterocycles. The number of carbonyl (C=O) groups excluding carboxylic acids is 1. The van der Waals surface area contributed by atoms with Gasteiger partial charge in [0.25, 0.3) is 0 Å². The van der Waals surface area contributed by atoms with Crippen molar-refractivity contribution in [1.82, 2.24) is 14.9 Å². The molecule has 2 heterocycles. The molecule has 0 saturated carbocycles. The molecule has 0 radical (unpaired) electrons. The summed E-state index contributed by atoms with van der Waals surface area (Å²) in [7, 11) is 1.62. The summed E-state index contributed by atoms with van der Waals surface area (Å²) >= 11 is 0. The second-order valence-corrected chi connectivity index (χ2v) is 4.48. The Bertz CT molecular complexity index is 383. The lowest BCUT2D eigenvalue weighted by Gasteiger charge is -2.35. The number of carbonyl (C=O) groups is 1. The highest BCUT2D eigenvalue weighted by molar-refractivity contribution is 5.76. The SMILES string of the molecule is COCCC(=O)N1CCCCC1c1ccncn1. The summed E-state index contributed by atoms with van der Waals surface area (Å²) in [5.74, 6) is 0.153. The van der Waals surface area contributed by atoms with Gasteiger partial charge in [0.05, 0.1) is 24.8 Å². The van der Waals surface area contributed by atoms with Crippen LogP contribution in [-0.2, 0) is 9.53 Å². The van der Waals surface area contributed by atoms with E-state index in [4.69, 9.17) is 4.74 Å². The van der Waals surface area contributed by atoms with Crippen LogP contribution in [0, 0.1) is 0 Å². The van der Waals surface area contributed by atoms with Gasteiger partial charge in [-0.25, -0.2) is 9.97 Å². The number of hydrogen-bond donors (Lipinski definition) is 0. The molecule has 0 aliphatic carbocycles. The summed E-state index contributed by atoms with van der Waals surface area (Å²) in [6.07, 6.45) is 6.91. The van der Waals surface area contributed by atoms with Crippen molar-refractivity contribution in [3.05, 3.63) is 24.3 Å². The Balaban J connectivity index is 2.09. The summed E-state index contributed by atoms with van der Waals surface area (Å²) in [5.41, 5.74) is 0.940. The third-order valence-corrected chi connectivity index (χ3v) is 3.29. The van der Waals surface area contributed by atoms with Gasteiger partial charge in [0.2, 0.25) is 5.91 Å². The average molecular weight is 249 g/mol. The topological polar surface area (TPSA) is 55.3 Å². The fourth-order valence-corrected chi connectivity index (χ4v) is 2.37. The quantitative estimate of drug-likeness (QED) is 0.812. The number of amides is 1. The maximum atomic E-state index is 12.1. The van der Waals surface area contributed by atoms with Crippen LogP contribution >= 0.6 is 0 Å². The van der Waals surface area contributed by atoms with Gasteiger partial charge >= 0.3 is 0 Å². The van der Waals surface area contributed by atoms with E-state index in [1.807, 2.05) is 11.0 Å². The number of piperidine rings is 1. The van der Waals surface area contributed by atoms with E-state index < -0.39 is 0 Å². The van der Waals surface area contributed by atoms with Crippen molar-refractivity contribution in [2.45, 2.75) is 31.7 Å². The molecule has 0 spiro atoms. The average Bonchev–Trinajstić information content (AvgIpc) is 2.45. The largest absolute Gasteiger partial charge is 0.384 e. The highest BCUT2D eigenvalue weighted by Gasteiger charge is 2.28. The zero-order chi connectivity index (χ0) is 12.8. The fourth-order valence-electron chi connectivity index (χ4n) is 2.37. The molecule has 0 N–H and O–H groups in total. The predicted octanol–water partition coefficient (Wildman–Crippen LogP) is 1.57. The number of ether oxygens (including phenoxy) is 1. The molecular formula is C13H19N3O2. The Morgan fingerprint density at radius 3 is 3.17 bits per heavy atom. The van der Waals surface area contributed by atoms with E-state index >= 15 is 0 Å². The van der Waals surface area contributed by atoms with Gasteiger partial charge in [0, 0.05) is 19.9 Å². The van der Waals surface area contributed by atoms with E-state index in [1.165, 1.54) is 0 Å². The lowest BCUT2D eigenvalue weighted by molar-refractivity contribution is -0.136. The smallest absolute Gasteiger partial charge is 0.225 e. The number of hydrogen-bond acceptors (Lipinski definition) is 4. The minimum absolute atomic E-state index is 0.103. The minimum Gasteiger partial charge on any atom is -0.384 e. The fraction of sp³-hybridized carbons (Fsp3) is 0.615. The van der Waals surface area contributed by atoms with Crippen LogP contribution in [0.15, 0.2) is 18.6 Å². The van der Waals surface area contributed by atoms with Crippen molar-refractivity contribution in [2.24, 2.45) is 0 Å². The molecule has 1 aromatic heterocycles. The van der Waals surface area contributed by atoms with Gasteiger partial charge in [-0.05, 0) is 25.3 Å². The summed E-state index contributed by atoms with van der Waals surface area (Å²) in [4.78, 5) is 22.3. The van der Waals surface area contributed by atoms with E-state index in [1.54, 1.807) is 19.6 Å².